The summed E-state index contributed by atoms with van der Waals surface area (Å²) < 4.78 is 0. The monoisotopic (exact) mass is 234 g/mol. The number of quaternary nitrogens is 1. The molecule has 0 heterocycles. The van der Waals surface area contributed by atoms with Crippen molar-refractivity contribution >= 4 is 12.6 Å². The highest BCUT2D eigenvalue weighted by Crippen LogP contribution is 1.98. The van der Waals surface area contributed by atoms with Crippen LogP contribution < -0.4 is 10.8 Å². The molecule has 0 fully saturated rings. The van der Waals surface area contributed by atoms with Crippen LogP contribution in [0, 0.1) is 5.21 Å². The van der Waals surface area contributed by atoms with Crippen LogP contribution in [0.1, 0.15) is 44.9 Å². The zero-order valence-corrected chi connectivity index (χ0v) is 10.6. The summed E-state index contributed by atoms with van der Waals surface area (Å²) in [4.78, 5) is 0. The summed E-state index contributed by atoms with van der Waals surface area (Å²) in [5.41, 5.74) is 5.38. The largest absolute Gasteiger partial charge is 0.634 e. The minimum absolute atomic E-state index is 0.429. The second kappa shape index (κ2) is 12.3. The Morgan fingerprint density at radius 1 is 0.867 bits per heavy atom. The standard InChI is InChI=1S/C11H26N2OS/c12-8-4-3-6-10-13(14)9-5-1-2-7-11-15/h13,15H,1-12H2. The van der Waals surface area contributed by atoms with E-state index in [-0.39, 0.29) is 0 Å². The van der Waals surface area contributed by atoms with E-state index in [2.05, 4.69) is 12.6 Å². The zero-order chi connectivity index (χ0) is 11.4. The van der Waals surface area contributed by atoms with Crippen molar-refractivity contribution in [3.05, 3.63) is 5.21 Å². The highest BCUT2D eigenvalue weighted by molar-refractivity contribution is 7.80. The first kappa shape index (κ1) is 15.2. The Bertz CT molecular complexity index is 125. The van der Waals surface area contributed by atoms with E-state index in [0.717, 1.165) is 51.1 Å². The zero-order valence-electron chi connectivity index (χ0n) is 9.71. The molecule has 0 aromatic carbocycles. The van der Waals surface area contributed by atoms with E-state index in [1.165, 1.54) is 19.3 Å². The first-order chi connectivity index (χ1) is 7.31. The smallest absolute Gasteiger partial charge is 0.0768 e. The number of nitrogens with one attached hydrogen (secondary N) is 1. The van der Waals surface area contributed by atoms with Gasteiger partial charge in [0.2, 0.25) is 0 Å². The second-order valence-corrected chi connectivity index (χ2v) is 4.47. The first-order valence-electron chi connectivity index (χ1n) is 6.14. The summed E-state index contributed by atoms with van der Waals surface area (Å²) in [6, 6.07) is 0. The molecule has 0 saturated carbocycles. The lowest BCUT2D eigenvalue weighted by atomic mass is 10.2. The Balaban J connectivity index is 3.08. The number of rotatable bonds is 11. The van der Waals surface area contributed by atoms with Crippen LogP contribution in [0.5, 0.6) is 0 Å². The van der Waals surface area contributed by atoms with Crippen LogP contribution in [-0.4, -0.2) is 25.4 Å². The third kappa shape index (κ3) is 12.2. The number of unbranched alkanes of at least 4 members (excludes halogenated alkanes) is 5. The Kier molecular flexibility index (Phi) is 12.5. The van der Waals surface area contributed by atoms with E-state index in [4.69, 9.17) is 5.73 Å². The normalized spacial score (nSPS) is 13.0. The molecule has 0 aliphatic carbocycles. The van der Waals surface area contributed by atoms with Gasteiger partial charge in [0.25, 0.3) is 0 Å². The second-order valence-electron chi connectivity index (χ2n) is 4.03. The van der Waals surface area contributed by atoms with E-state index < -0.39 is 0 Å². The maximum absolute atomic E-state index is 11.4. The molecule has 0 aromatic heterocycles. The lowest BCUT2D eigenvalue weighted by Gasteiger charge is -2.22. The van der Waals surface area contributed by atoms with Gasteiger partial charge in [0.1, 0.15) is 0 Å². The molecule has 0 aliphatic rings. The van der Waals surface area contributed by atoms with Crippen LogP contribution in [0.3, 0.4) is 0 Å². The lowest BCUT2D eigenvalue weighted by Crippen LogP contribution is -3.07. The maximum Gasteiger partial charge on any atom is 0.0768 e. The number of hydrogen-bond donors (Lipinski definition) is 3. The molecule has 4 heteroatoms. The molecule has 0 aliphatic heterocycles. The minimum atomic E-state index is 0.429. The van der Waals surface area contributed by atoms with Crippen molar-refractivity contribution in [2.45, 2.75) is 44.9 Å². The summed E-state index contributed by atoms with van der Waals surface area (Å²) in [6.07, 6.45) is 7.79. The number of nitrogens with two attached hydrogens (primary N) is 1. The molecular formula is C11H26N2OS. The predicted octanol–water partition coefficient (Wildman–Crippen LogP) is 0.988. The van der Waals surface area contributed by atoms with E-state index in [9.17, 15) is 5.21 Å². The van der Waals surface area contributed by atoms with Gasteiger partial charge in [0.05, 0.1) is 13.1 Å². The van der Waals surface area contributed by atoms with Gasteiger partial charge in [-0.05, 0) is 50.8 Å². The molecule has 0 spiro atoms. The number of hydroxylamine groups is 2. The third-order valence-corrected chi connectivity index (χ3v) is 2.84. The molecule has 0 saturated heterocycles. The van der Waals surface area contributed by atoms with Crippen molar-refractivity contribution in [3.8, 4) is 0 Å². The molecule has 1 atom stereocenters. The Labute approximate surface area is 99.4 Å². The summed E-state index contributed by atoms with van der Waals surface area (Å²) >= 11 is 4.15. The quantitative estimate of drug-likeness (QED) is 0.284. The average Bonchev–Trinajstić information content (AvgIpc) is 2.24. The molecule has 0 radical (unpaired) electrons. The van der Waals surface area contributed by atoms with Crippen molar-refractivity contribution < 1.29 is 5.06 Å². The third-order valence-electron chi connectivity index (χ3n) is 2.52. The van der Waals surface area contributed by atoms with Crippen LogP contribution in [-0.2, 0) is 0 Å². The fourth-order valence-corrected chi connectivity index (χ4v) is 1.78. The van der Waals surface area contributed by atoms with Crippen LogP contribution >= 0.6 is 12.6 Å². The molecule has 92 valence electrons. The van der Waals surface area contributed by atoms with Gasteiger partial charge in [0.15, 0.2) is 0 Å². The van der Waals surface area contributed by atoms with Gasteiger partial charge in [-0.3, -0.25) is 0 Å². The van der Waals surface area contributed by atoms with Crippen molar-refractivity contribution in [1.29, 1.82) is 0 Å². The molecule has 0 amide bonds. The summed E-state index contributed by atoms with van der Waals surface area (Å²) in [5, 5.41) is 11.8. The molecule has 3 N–H and O–H groups in total. The Morgan fingerprint density at radius 3 is 1.93 bits per heavy atom. The van der Waals surface area contributed by atoms with Gasteiger partial charge in [-0.1, -0.05) is 6.42 Å². The Morgan fingerprint density at radius 2 is 1.40 bits per heavy atom. The van der Waals surface area contributed by atoms with Gasteiger partial charge in [-0.25, -0.2) is 0 Å². The number of thiol groups is 1. The average molecular weight is 234 g/mol. The summed E-state index contributed by atoms with van der Waals surface area (Å²) in [7, 11) is 0. The van der Waals surface area contributed by atoms with Crippen molar-refractivity contribution in [3.63, 3.8) is 0 Å². The van der Waals surface area contributed by atoms with Gasteiger partial charge < -0.3 is 16.0 Å². The first-order valence-corrected chi connectivity index (χ1v) is 6.77. The molecular weight excluding hydrogens is 208 g/mol. The molecule has 0 aromatic rings. The lowest BCUT2D eigenvalue weighted by molar-refractivity contribution is -0.848. The predicted molar refractivity (Wildman–Crippen MR) is 69.3 cm³/mol. The fourth-order valence-electron chi connectivity index (χ4n) is 1.56. The van der Waals surface area contributed by atoms with Crippen molar-refractivity contribution in [2.24, 2.45) is 5.73 Å². The molecule has 0 rings (SSSR count). The van der Waals surface area contributed by atoms with E-state index in [0.29, 0.717) is 5.06 Å². The van der Waals surface area contributed by atoms with Crippen LogP contribution in [0.2, 0.25) is 0 Å². The SMILES string of the molecule is NCCCCC[NH+]([O-])CCCCCCS. The van der Waals surface area contributed by atoms with Crippen molar-refractivity contribution in [1.82, 2.24) is 0 Å². The number of hydrogen-bond acceptors (Lipinski definition) is 3. The molecule has 0 bridgehead atoms. The van der Waals surface area contributed by atoms with E-state index in [1.807, 2.05) is 0 Å². The highest BCUT2D eigenvalue weighted by Gasteiger charge is 1.97. The molecule has 3 nitrogen and oxygen atoms in total. The van der Waals surface area contributed by atoms with Gasteiger partial charge in [0, 0.05) is 0 Å². The van der Waals surface area contributed by atoms with Crippen LogP contribution in [0.4, 0.5) is 0 Å². The van der Waals surface area contributed by atoms with E-state index >= 15 is 0 Å². The summed E-state index contributed by atoms with van der Waals surface area (Å²) in [6.45, 7) is 2.28. The van der Waals surface area contributed by atoms with E-state index in [1.54, 1.807) is 0 Å². The van der Waals surface area contributed by atoms with Crippen LogP contribution in [0.15, 0.2) is 0 Å². The fraction of sp³-hybridized carbons (Fsp3) is 1.00. The highest BCUT2D eigenvalue weighted by atomic mass is 32.1. The summed E-state index contributed by atoms with van der Waals surface area (Å²) in [5.74, 6) is 0.965. The van der Waals surface area contributed by atoms with Gasteiger partial charge >= 0.3 is 0 Å². The van der Waals surface area contributed by atoms with Crippen molar-refractivity contribution in [2.75, 3.05) is 25.4 Å². The topological polar surface area (TPSA) is 53.5 Å². The Hall–Kier alpha value is 0.230. The molecule has 15 heavy (non-hydrogen) atoms. The van der Waals surface area contributed by atoms with Gasteiger partial charge in [-0.2, -0.15) is 12.6 Å². The van der Waals surface area contributed by atoms with Crippen LogP contribution in [0.25, 0.3) is 0 Å². The molecule has 1 unspecified atom stereocenters. The maximum atomic E-state index is 11.4. The minimum Gasteiger partial charge on any atom is -0.634 e. The van der Waals surface area contributed by atoms with Gasteiger partial charge in [-0.15, -0.1) is 0 Å².